The van der Waals surface area contributed by atoms with Gasteiger partial charge in [0.05, 0.1) is 12.7 Å². The number of rotatable bonds is 4. The Bertz CT molecular complexity index is 211. The van der Waals surface area contributed by atoms with Crippen LogP contribution in [0.25, 0.3) is 0 Å². The van der Waals surface area contributed by atoms with Gasteiger partial charge >= 0.3 is 0 Å². The molecule has 2 saturated heterocycles. The molecule has 3 atom stereocenters. The molecule has 0 spiro atoms. The monoisotopic (exact) mass is 228 g/mol. The fraction of sp³-hybridized carbons (Fsp3) is 1.00. The van der Waals surface area contributed by atoms with Gasteiger partial charge in [-0.15, -0.1) is 0 Å². The molecule has 2 aliphatic rings. The van der Waals surface area contributed by atoms with Crippen LogP contribution in [0.4, 0.5) is 0 Å². The minimum absolute atomic E-state index is 0.146. The predicted molar refractivity (Wildman–Crippen MR) is 63.3 cm³/mol. The molecular weight excluding hydrogens is 204 g/mol. The Labute approximate surface area is 97.6 Å². The number of aliphatic hydroxyl groups excluding tert-OH is 2. The maximum absolute atomic E-state index is 9.32. The number of nitrogens with one attached hydrogen (secondary N) is 1. The second kappa shape index (κ2) is 5.45. The highest BCUT2D eigenvalue weighted by atomic mass is 16.3. The second-order valence-corrected chi connectivity index (χ2v) is 5.32. The van der Waals surface area contributed by atoms with Crippen LogP contribution in [0.5, 0.6) is 0 Å². The molecule has 2 bridgehead atoms. The average molecular weight is 228 g/mol. The van der Waals surface area contributed by atoms with E-state index in [9.17, 15) is 5.11 Å². The van der Waals surface area contributed by atoms with E-state index >= 15 is 0 Å². The molecule has 0 radical (unpaired) electrons. The maximum atomic E-state index is 9.32. The molecule has 2 aliphatic heterocycles. The van der Waals surface area contributed by atoms with Crippen molar-refractivity contribution < 1.29 is 10.2 Å². The summed E-state index contributed by atoms with van der Waals surface area (Å²) in [4.78, 5) is 2.53. The van der Waals surface area contributed by atoms with Crippen LogP contribution in [0, 0.1) is 0 Å². The summed E-state index contributed by atoms with van der Waals surface area (Å²) in [5, 5.41) is 21.5. The van der Waals surface area contributed by atoms with Crippen molar-refractivity contribution in [2.24, 2.45) is 0 Å². The minimum atomic E-state index is -0.612. The van der Waals surface area contributed by atoms with Crippen molar-refractivity contribution in [2.75, 3.05) is 20.2 Å². The smallest absolute Gasteiger partial charge is 0.0895 e. The predicted octanol–water partition coefficient (Wildman–Crippen LogP) is -0.0555. The third-order valence-corrected chi connectivity index (χ3v) is 4.19. The van der Waals surface area contributed by atoms with Crippen molar-refractivity contribution in [3.05, 3.63) is 0 Å². The lowest BCUT2D eigenvalue weighted by Crippen LogP contribution is -2.55. The molecular formula is C12H24N2O2. The van der Waals surface area contributed by atoms with Gasteiger partial charge < -0.3 is 20.4 Å². The van der Waals surface area contributed by atoms with Crippen molar-refractivity contribution in [1.82, 2.24) is 10.2 Å². The topological polar surface area (TPSA) is 55.7 Å². The van der Waals surface area contributed by atoms with Gasteiger partial charge in [-0.05, 0) is 32.7 Å². The van der Waals surface area contributed by atoms with Crippen molar-refractivity contribution in [3.8, 4) is 0 Å². The molecule has 0 aromatic rings. The molecule has 2 rings (SSSR count). The van der Waals surface area contributed by atoms with Gasteiger partial charge in [0.1, 0.15) is 0 Å². The standard InChI is InChI=1S/C12H24N2O2/c1-14-10-3-2-4-11(14)6-9(5-10)13-7-12(16)8-15/h9-13,15-16H,2-8H2,1H3. The van der Waals surface area contributed by atoms with Crippen molar-refractivity contribution >= 4 is 0 Å². The molecule has 2 fully saturated rings. The Hall–Kier alpha value is -0.160. The largest absolute Gasteiger partial charge is 0.394 e. The van der Waals surface area contributed by atoms with Gasteiger partial charge in [0, 0.05) is 24.7 Å². The first-order valence-corrected chi connectivity index (χ1v) is 6.45. The van der Waals surface area contributed by atoms with Crippen LogP contribution < -0.4 is 5.32 Å². The molecule has 2 heterocycles. The first-order valence-electron chi connectivity index (χ1n) is 6.45. The van der Waals surface area contributed by atoms with Gasteiger partial charge in [0.15, 0.2) is 0 Å². The lowest BCUT2D eigenvalue weighted by molar-refractivity contribution is 0.0401. The Balaban J connectivity index is 1.80. The summed E-state index contributed by atoms with van der Waals surface area (Å²) in [6, 6.07) is 1.96. The zero-order chi connectivity index (χ0) is 11.5. The van der Waals surface area contributed by atoms with Crippen molar-refractivity contribution in [2.45, 2.75) is 56.3 Å². The normalized spacial score (nSPS) is 37.3. The van der Waals surface area contributed by atoms with Gasteiger partial charge in [0.25, 0.3) is 0 Å². The van der Waals surface area contributed by atoms with Gasteiger partial charge in [-0.2, -0.15) is 0 Å². The summed E-state index contributed by atoms with van der Waals surface area (Å²) in [5.41, 5.74) is 0. The highest BCUT2D eigenvalue weighted by Crippen LogP contribution is 2.32. The van der Waals surface area contributed by atoms with Gasteiger partial charge in [-0.3, -0.25) is 0 Å². The van der Waals surface area contributed by atoms with E-state index in [2.05, 4.69) is 17.3 Å². The number of hydrogen-bond donors (Lipinski definition) is 3. The van der Waals surface area contributed by atoms with E-state index in [4.69, 9.17) is 5.11 Å². The summed E-state index contributed by atoms with van der Waals surface area (Å²) < 4.78 is 0. The maximum Gasteiger partial charge on any atom is 0.0895 e. The third kappa shape index (κ3) is 2.74. The Morgan fingerprint density at radius 3 is 2.50 bits per heavy atom. The summed E-state index contributed by atoms with van der Waals surface area (Å²) in [5.74, 6) is 0. The van der Waals surface area contributed by atoms with Crippen LogP contribution in [-0.2, 0) is 0 Å². The molecule has 3 unspecified atom stereocenters. The van der Waals surface area contributed by atoms with Crippen LogP contribution in [0.15, 0.2) is 0 Å². The molecule has 3 N–H and O–H groups in total. The van der Waals surface area contributed by atoms with Crippen LogP contribution in [0.1, 0.15) is 32.1 Å². The van der Waals surface area contributed by atoms with Gasteiger partial charge in [0.2, 0.25) is 0 Å². The summed E-state index contributed by atoms with van der Waals surface area (Å²) in [6.45, 7) is 0.372. The zero-order valence-corrected chi connectivity index (χ0v) is 10.1. The fourth-order valence-corrected chi connectivity index (χ4v) is 3.15. The van der Waals surface area contributed by atoms with E-state index in [1.54, 1.807) is 0 Å². The summed E-state index contributed by atoms with van der Waals surface area (Å²) >= 11 is 0. The first-order chi connectivity index (χ1) is 7.70. The average Bonchev–Trinajstić information content (AvgIpc) is 2.26. The minimum Gasteiger partial charge on any atom is -0.394 e. The van der Waals surface area contributed by atoms with E-state index in [0.29, 0.717) is 12.6 Å². The highest BCUT2D eigenvalue weighted by Gasteiger charge is 2.35. The molecule has 0 amide bonds. The van der Waals surface area contributed by atoms with E-state index in [-0.39, 0.29) is 6.61 Å². The fourth-order valence-electron chi connectivity index (χ4n) is 3.15. The zero-order valence-electron chi connectivity index (χ0n) is 10.1. The SMILES string of the molecule is CN1C2CCCC1CC(NCC(O)CO)C2. The van der Waals surface area contributed by atoms with Crippen molar-refractivity contribution in [3.63, 3.8) is 0 Å². The lowest BCUT2D eigenvalue weighted by atomic mass is 9.82. The Kier molecular flexibility index (Phi) is 4.19. The number of fused-ring (bicyclic) bond motifs is 2. The summed E-state index contributed by atoms with van der Waals surface area (Å²) in [6.07, 6.45) is 5.75. The van der Waals surface area contributed by atoms with E-state index in [0.717, 1.165) is 12.1 Å². The van der Waals surface area contributed by atoms with Crippen molar-refractivity contribution in [1.29, 1.82) is 0 Å². The van der Waals surface area contributed by atoms with E-state index < -0.39 is 6.10 Å². The van der Waals surface area contributed by atoms with Crippen LogP contribution in [0.3, 0.4) is 0 Å². The molecule has 16 heavy (non-hydrogen) atoms. The first kappa shape index (κ1) is 12.3. The molecule has 94 valence electrons. The molecule has 0 aromatic carbocycles. The van der Waals surface area contributed by atoms with Gasteiger partial charge in [-0.1, -0.05) is 6.42 Å². The number of nitrogens with zero attached hydrogens (tertiary/aromatic N) is 1. The highest BCUT2D eigenvalue weighted by molar-refractivity contribution is 4.93. The van der Waals surface area contributed by atoms with E-state index in [1.165, 1.54) is 32.1 Å². The quantitative estimate of drug-likeness (QED) is 0.631. The second-order valence-electron chi connectivity index (χ2n) is 5.32. The Morgan fingerprint density at radius 1 is 1.31 bits per heavy atom. The van der Waals surface area contributed by atoms with Crippen LogP contribution in [0.2, 0.25) is 0 Å². The Morgan fingerprint density at radius 2 is 1.94 bits per heavy atom. The van der Waals surface area contributed by atoms with Gasteiger partial charge in [-0.25, -0.2) is 0 Å². The molecule has 4 heteroatoms. The van der Waals surface area contributed by atoms with E-state index in [1.807, 2.05) is 0 Å². The molecule has 4 nitrogen and oxygen atoms in total. The van der Waals surface area contributed by atoms with Crippen LogP contribution >= 0.6 is 0 Å². The molecule has 0 aromatic heterocycles. The number of hydrogen-bond acceptors (Lipinski definition) is 4. The molecule has 0 aliphatic carbocycles. The third-order valence-electron chi connectivity index (χ3n) is 4.19. The molecule has 0 saturated carbocycles. The number of aliphatic hydroxyl groups is 2. The summed E-state index contributed by atoms with van der Waals surface area (Å²) in [7, 11) is 2.24. The lowest BCUT2D eigenvalue weighted by Gasteiger charge is -2.47. The number of piperidine rings is 2. The van der Waals surface area contributed by atoms with Crippen LogP contribution in [-0.4, -0.2) is 59.5 Å².